The smallest absolute Gasteiger partial charge is 0.146 e. The third-order valence-electron chi connectivity index (χ3n) is 4.93. The number of hydrogen-bond donors (Lipinski definition) is 2. The molecule has 1 aliphatic rings. The number of nitrogens with zero attached hydrogens (tertiary/aromatic N) is 3. The highest BCUT2D eigenvalue weighted by Crippen LogP contribution is 2.32. The van der Waals surface area contributed by atoms with Gasteiger partial charge in [0, 0.05) is 11.4 Å². The van der Waals surface area contributed by atoms with E-state index in [1.54, 1.807) is 11.3 Å². The van der Waals surface area contributed by atoms with E-state index < -0.39 is 0 Å². The monoisotopic (exact) mass is 334 g/mol. The van der Waals surface area contributed by atoms with E-state index >= 15 is 0 Å². The number of nitrogens with two attached hydrogens (primary N) is 1. The maximum Gasteiger partial charge on any atom is 0.146 e. The molecule has 2 atom stereocenters. The van der Waals surface area contributed by atoms with Gasteiger partial charge in [-0.25, -0.2) is 9.97 Å². The topological polar surface area (TPSA) is 75.3 Å². The summed E-state index contributed by atoms with van der Waals surface area (Å²) in [6, 6.07) is 0. The van der Waals surface area contributed by atoms with E-state index in [9.17, 15) is 5.11 Å². The zero-order valence-electron chi connectivity index (χ0n) is 14.2. The molecule has 1 fully saturated rings. The minimum atomic E-state index is -0.165. The molecule has 0 aliphatic heterocycles. The van der Waals surface area contributed by atoms with Crippen molar-refractivity contribution in [2.45, 2.75) is 52.2 Å². The molecule has 0 aromatic carbocycles. The summed E-state index contributed by atoms with van der Waals surface area (Å²) in [7, 11) is 2.07. The van der Waals surface area contributed by atoms with Crippen LogP contribution in [0.15, 0.2) is 0 Å². The maximum atomic E-state index is 10.1. The molecule has 2 aromatic rings. The molecule has 1 saturated carbocycles. The molecule has 2 heterocycles. The summed E-state index contributed by atoms with van der Waals surface area (Å²) in [6.45, 7) is 5.71. The van der Waals surface area contributed by atoms with Crippen molar-refractivity contribution in [2.24, 2.45) is 5.92 Å². The molecule has 0 bridgehead atoms. The Bertz CT molecular complexity index is 699. The highest BCUT2D eigenvalue weighted by Gasteiger charge is 2.24. The van der Waals surface area contributed by atoms with E-state index in [1.165, 1.54) is 16.9 Å². The molecule has 2 aromatic heterocycles. The molecule has 0 amide bonds. The zero-order chi connectivity index (χ0) is 16.6. The number of anilines is 1. The largest absolute Gasteiger partial charge is 0.393 e. The van der Waals surface area contributed by atoms with Gasteiger partial charge in [0.05, 0.1) is 18.0 Å². The van der Waals surface area contributed by atoms with Crippen LogP contribution in [0.3, 0.4) is 0 Å². The minimum Gasteiger partial charge on any atom is -0.393 e. The van der Waals surface area contributed by atoms with E-state index in [4.69, 9.17) is 10.7 Å². The zero-order valence-corrected chi connectivity index (χ0v) is 15.0. The summed E-state index contributed by atoms with van der Waals surface area (Å²) in [5.41, 5.74) is 7.34. The van der Waals surface area contributed by atoms with Gasteiger partial charge in [0.2, 0.25) is 0 Å². The van der Waals surface area contributed by atoms with Crippen molar-refractivity contribution in [3.05, 3.63) is 16.3 Å². The van der Waals surface area contributed by atoms with Gasteiger partial charge in [-0.2, -0.15) is 0 Å². The van der Waals surface area contributed by atoms with Gasteiger partial charge < -0.3 is 10.8 Å². The Morgan fingerprint density at radius 1 is 1.26 bits per heavy atom. The second kappa shape index (κ2) is 6.71. The predicted molar refractivity (Wildman–Crippen MR) is 95.6 cm³/mol. The van der Waals surface area contributed by atoms with E-state index in [1.807, 2.05) is 0 Å². The fourth-order valence-electron chi connectivity index (χ4n) is 3.50. The third kappa shape index (κ3) is 3.49. The molecule has 2 unspecified atom stereocenters. The van der Waals surface area contributed by atoms with Crippen molar-refractivity contribution in [1.82, 2.24) is 14.9 Å². The molecule has 23 heavy (non-hydrogen) atoms. The van der Waals surface area contributed by atoms with Gasteiger partial charge in [-0.1, -0.05) is 12.8 Å². The summed E-state index contributed by atoms with van der Waals surface area (Å²) >= 11 is 1.68. The lowest BCUT2D eigenvalue weighted by Gasteiger charge is -2.30. The van der Waals surface area contributed by atoms with Crippen molar-refractivity contribution in [3.8, 4) is 0 Å². The first-order valence-corrected chi connectivity index (χ1v) is 9.16. The lowest BCUT2D eigenvalue weighted by molar-refractivity contribution is 0.0498. The Morgan fingerprint density at radius 3 is 2.74 bits per heavy atom. The van der Waals surface area contributed by atoms with Crippen LogP contribution in [0, 0.1) is 19.8 Å². The number of fused-ring (bicyclic) bond motifs is 1. The standard InChI is InChI=1S/C17H26N4OS/c1-10-11(2)23-17-15(10)16(18)19-14(20-17)9-21(3)8-12-6-4-5-7-13(12)22/h12-13,22H,4-9H2,1-3H3,(H2,18,19,20). The van der Waals surface area contributed by atoms with Crippen LogP contribution >= 0.6 is 11.3 Å². The first kappa shape index (κ1) is 16.6. The first-order valence-electron chi connectivity index (χ1n) is 8.34. The van der Waals surface area contributed by atoms with Gasteiger partial charge in [0.1, 0.15) is 16.5 Å². The number of aliphatic hydroxyl groups is 1. The van der Waals surface area contributed by atoms with Gasteiger partial charge in [-0.3, -0.25) is 4.90 Å². The van der Waals surface area contributed by atoms with Gasteiger partial charge in [-0.15, -0.1) is 11.3 Å². The van der Waals surface area contributed by atoms with Crippen LogP contribution in [-0.2, 0) is 6.54 Å². The Morgan fingerprint density at radius 2 is 2.00 bits per heavy atom. The predicted octanol–water partition coefficient (Wildman–Crippen LogP) is 2.87. The average Bonchev–Trinajstić information content (AvgIpc) is 2.76. The van der Waals surface area contributed by atoms with Crippen LogP contribution < -0.4 is 5.73 Å². The first-order chi connectivity index (χ1) is 11.0. The van der Waals surface area contributed by atoms with Gasteiger partial charge >= 0.3 is 0 Å². The molecule has 3 rings (SSSR count). The second-order valence-electron chi connectivity index (χ2n) is 6.80. The van der Waals surface area contributed by atoms with Crippen LogP contribution in [0.4, 0.5) is 5.82 Å². The number of aryl methyl sites for hydroxylation is 2. The number of hydrogen-bond acceptors (Lipinski definition) is 6. The molecule has 0 radical (unpaired) electrons. The Balaban J connectivity index is 1.73. The number of aromatic nitrogens is 2. The van der Waals surface area contributed by atoms with E-state index in [0.29, 0.717) is 18.3 Å². The quantitative estimate of drug-likeness (QED) is 0.899. The van der Waals surface area contributed by atoms with Gasteiger partial charge in [-0.05, 0) is 45.2 Å². The van der Waals surface area contributed by atoms with Crippen LogP contribution in [0.5, 0.6) is 0 Å². The molecule has 0 saturated heterocycles. The molecular formula is C17H26N4OS. The van der Waals surface area contributed by atoms with Crippen molar-refractivity contribution < 1.29 is 5.11 Å². The highest BCUT2D eigenvalue weighted by atomic mass is 32.1. The molecule has 6 heteroatoms. The molecule has 1 aliphatic carbocycles. The molecule has 5 nitrogen and oxygen atoms in total. The van der Waals surface area contributed by atoms with Crippen molar-refractivity contribution in [3.63, 3.8) is 0 Å². The van der Waals surface area contributed by atoms with Crippen molar-refractivity contribution in [2.75, 3.05) is 19.3 Å². The Kier molecular flexibility index (Phi) is 4.85. The summed E-state index contributed by atoms with van der Waals surface area (Å²) < 4.78 is 0. The third-order valence-corrected chi connectivity index (χ3v) is 6.03. The summed E-state index contributed by atoms with van der Waals surface area (Å²) in [6.07, 6.45) is 4.24. The van der Waals surface area contributed by atoms with Gasteiger partial charge in [0.15, 0.2) is 0 Å². The molecule has 3 N–H and O–H groups in total. The Labute approximate surface area is 141 Å². The lowest BCUT2D eigenvalue weighted by Crippen LogP contribution is -2.35. The number of rotatable bonds is 4. The van der Waals surface area contributed by atoms with E-state index in [2.05, 4.69) is 30.8 Å². The SMILES string of the molecule is Cc1sc2nc(CN(C)CC3CCCCC3O)nc(N)c2c1C. The van der Waals surface area contributed by atoms with E-state index in [-0.39, 0.29) is 6.10 Å². The number of thiophene rings is 1. The molecular weight excluding hydrogens is 308 g/mol. The average molecular weight is 334 g/mol. The van der Waals surface area contributed by atoms with Crippen LogP contribution in [0.25, 0.3) is 10.2 Å². The van der Waals surface area contributed by atoms with Gasteiger partial charge in [0.25, 0.3) is 0 Å². The summed E-state index contributed by atoms with van der Waals surface area (Å²) in [5.74, 6) is 1.71. The summed E-state index contributed by atoms with van der Waals surface area (Å²) in [4.78, 5) is 13.6. The molecule has 126 valence electrons. The van der Waals surface area contributed by atoms with Crippen molar-refractivity contribution >= 4 is 27.4 Å². The van der Waals surface area contributed by atoms with Crippen LogP contribution in [0.2, 0.25) is 0 Å². The van der Waals surface area contributed by atoms with Crippen LogP contribution in [-0.4, -0.2) is 39.7 Å². The number of nitrogen functional groups attached to an aromatic ring is 1. The molecule has 0 spiro atoms. The summed E-state index contributed by atoms with van der Waals surface area (Å²) in [5, 5.41) is 11.1. The lowest BCUT2D eigenvalue weighted by atomic mass is 9.86. The number of aliphatic hydroxyl groups excluding tert-OH is 1. The van der Waals surface area contributed by atoms with Crippen molar-refractivity contribution in [1.29, 1.82) is 0 Å². The minimum absolute atomic E-state index is 0.165. The highest BCUT2D eigenvalue weighted by molar-refractivity contribution is 7.18. The normalized spacial score (nSPS) is 22.1. The Hall–Kier alpha value is -1.24. The van der Waals surface area contributed by atoms with Crippen LogP contribution in [0.1, 0.15) is 41.9 Å². The maximum absolute atomic E-state index is 10.1. The second-order valence-corrected chi connectivity index (χ2v) is 8.00. The fraction of sp³-hybridized carbons (Fsp3) is 0.647. The van der Waals surface area contributed by atoms with E-state index in [0.717, 1.165) is 41.8 Å². The fourth-order valence-corrected chi connectivity index (χ4v) is 4.56.